The summed E-state index contributed by atoms with van der Waals surface area (Å²) in [6, 6.07) is 7.60. The number of aliphatic hydroxyl groups is 1. The van der Waals surface area contributed by atoms with Gasteiger partial charge in [0, 0.05) is 13.0 Å². The second-order valence-electron chi connectivity index (χ2n) is 4.48. The Morgan fingerprint density at radius 3 is 2.90 bits per heavy atom. The summed E-state index contributed by atoms with van der Waals surface area (Å²) < 4.78 is 5.44. The van der Waals surface area contributed by atoms with Gasteiger partial charge in [-0.1, -0.05) is 12.1 Å². The Labute approximate surface area is 125 Å². The predicted molar refractivity (Wildman–Crippen MR) is 81.2 cm³/mol. The van der Waals surface area contributed by atoms with Crippen LogP contribution in [0.15, 0.2) is 24.3 Å². The molecule has 0 aliphatic carbocycles. The van der Waals surface area contributed by atoms with Gasteiger partial charge in [0.25, 0.3) is 0 Å². The largest absolute Gasteiger partial charge is 0.491 e. The van der Waals surface area contributed by atoms with Gasteiger partial charge in [-0.15, -0.1) is 12.4 Å². The molecule has 0 bridgehead atoms. The molecule has 0 radical (unpaired) electrons. The van der Waals surface area contributed by atoms with Gasteiger partial charge in [-0.05, 0) is 37.6 Å². The van der Waals surface area contributed by atoms with E-state index in [1.165, 1.54) is 0 Å². The fourth-order valence-corrected chi connectivity index (χ4v) is 1.54. The van der Waals surface area contributed by atoms with Crippen molar-refractivity contribution in [2.45, 2.75) is 25.9 Å². The molecular weight excluding hydrogens is 280 g/mol. The van der Waals surface area contributed by atoms with Crippen LogP contribution in [0.25, 0.3) is 0 Å². The van der Waals surface area contributed by atoms with Crippen molar-refractivity contribution in [3.05, 3.63) is 29.8 Å². The second kappa shape index (κ2) is 10.5. The predicted octanol–water partition coefficient (Wildman–Crippen LogP) is 1.01. The molecule has 0 fully saturated rings. The molecular formula is C14H23ClN2O3. The van der Waals surface area contributed by atoms with E-state index in [2.05, 4.69) is 5.32 Å². The minimum atomic E-state index is -0.720. The van der Waals surface area contributed by atoms with Crippen molar-refractivity contribution in [1.82, 2.24) is 5.32 Å². The van der Waals surface area contributed by atoms with Crippen LogP contribution in [0.2, 0.25) is 0 Å². The minimum absolute atomic E-state index is 0. The maximum absolute atomic E-state index is 11.3. The van der Waals surface area contributed by atoms with Crippen molar-refractivity contribution in [2.24, 2.45) is 5.73 Å². The zero-order valence-electron chi connectivity index (χ0n) is 11.7. The van der Waals surface area contributed by atoms with Crippen molar-refractivity contribution < 1.29 is 14.6 Å². The van der Waals surface area contributed by atoms with Gasteiger partial charge in [0.2, 0.25) is 5.91 Å². The third-order valence-electron chi connectivity index (χ3n) is 2.57. The van der Waals surface area contributed by atoms with Crippen LogP contribution < -0.4 is 15.8 Å². The van der Waals surface area contributed by atoms with E-state index in [1.54, 1.807) is 0 Å². The van der Waals surface area contributed by atoms with E-state index < -0.39 is 6.10 Å². The molecule has 0 spiro atoms. The Bertz CT molecular complexity index is 402. The monoisotopic (exact) mass is 302 g/mol. The molecule has 5 nitrogen and oxygen atoms in total. The molecule has 0 heterocycles. The first kappa shape index (κ1) is 18.7. The SMILES string of the molecule is Cc1cccc(OCC(O)CNC(=O)CCCN)c1.Cl. The number of hydrogen-bond acceptors (Lipinski definition) is 4. The highest BCUT2D eigenvalue weighted by atomic mass is 35.5. The molecule has 0 aliphatic rings. The van der Waals surface area contributed by atoms with Crippen molar-refractivity contribution in [3.8, 4) is 5.75 Å². The average molecular weight is 303 g/mol. The van der Waals surface area contributed by atoms with E-state index in [0.717, 1.165) is 5.56 Å². The number of carbonyl (C=O) groups excluding carboxylic acids is 1. The second-order valence-corrected chi connectivity index (χ2v) is 4.48. The van der Waals surface area contributed by atoms with E-state index in [9.17, 15) is 9.90 Å². The molecule has 1 aromatic carbocycles. The Morgan fingerprint density at radius 1 is 1.50 bits per heavy atom. The molecule has 1 aromatic rings. The van der Waals surface area contributed by atoms with Crippen LogP contribution in [-0.4, -0.2) is 36.8 Å². The van der Waals surface area contributed by atoms with Gasteiger partial charge in [0.1, 0.15) is 18.5 Å². The summed E-state index contributed by atoms with van der Waals surface area (Å²) in [5.74, 6) is 0.619. The van der Waals surface area contributed by atoms with Crippen LogP contribution >= 0.6 is 12.4 Å². The maximum atomic E-state index is 11.3. The molecule has 4 N–H and O–H groups in total. The van der Waals surface area contributed by atoms with E-state index >= 15 is 0 Å². The maximum Gasteiger partial charge on any atom is 0.220 e. The van der Waals surface area contributed by atoms with Crippen LogP contribution in [0.3, 0.4) is 0 Å². The quantitative estimate of drug-likeness (QED) is 0.669. The molecule has 0 aromatic heterocycles. The van der Waals surface area contributed by atoms with E-state index in [1.807, 2.05) is 31.2 Å². The molecule has 6 heteroatoms. The smallest absolute Gasteiger partial charge is 0.220 e. The van der Waals surface area contributed by atoms with Crippen LogP contribution in [0.4, 0.5) is 0 Å². The Hall–Kier alpha value is -1.30. The highest BCUT2D eigenvalue weighted by Gasteiger charge is 2.07. The lowest BCUT2D eigenvalue weighted by Gasteiger charge is -2.13. The number of nitrogens with one attached hydrogen (secondary N) is 1. The Kier molecular flexibility index (Phi) is 9.80. The van der Waals surface area contributed by atoms with Gasteiger partial charge in [0.15, 0.2) is 0 Å². The number of hydrogen-bond donors (Lipinski definition) is 3. The Balaban J connectivity index is 0.00000361. The number of nitrogens with two attached hydrogens (primary N) is 1. The van der Waals surface area contributed by atoms with E-state index in [4.69, 9.17) is 10.5 Å². The highest BCUT2D eigenvalue weighted by molar-refractivity contribution is 5.85. The van der Waals surface area contributed by atoms with Crippen LogP contribution in [0, 0.1) is 6.92 Å². The van der Waals surface area contributed by atoms with Crippen molar-refractivity contribution in [2.75, 3.05) is 19.7 Å². The van der Waals surface area contributed by atoms with Crippen LogP contribution in [0.1, 0.15) is 18.4 Å². The van der Waals surface area contributed by atoms with Gasteiger partial charge in [0.05, 0.1) is 0 Å². The summed E-state index contributed by atoms with van der Waals surface area (Å²) in [5, 5.41) is 12.3. The highest BCUT2D eigenvalue weighted by Crippen LogP contribution is 2.12. The third kappa shape index (κ3) is 7.99. The van der Waals surface area contributed by atoms with E-state index in [-0.39, 0.29) is 31.5 Å². The summed E-state index contributed by atoms with van der Waals surface area (Å²) in [4.78, 5) is 11.3. The summed E-state index contributed by atoms with van der Waals surface area (Å²) in [6.07, 6.45) is 0.325. The number of ether oxygens (including phenoxy) is 1. The zero-order chi connectivity index (χ0) is 14.1. The molecule has 1 atom stereocenters. The molecule has 0 aliphatic heterocycles. The zero-order valence-corrected chi connectivity index (χ0v) is 12.5. The van der Waals surface area contributed by atoms with Crippen LogP contribution in [0.5, 0.6) is 5.75 Å². The minimum Gasteiger partial charge on any atom is -0.491 e. The lowest BCUT2D eigenvalue weighted by molar-refractivity contribution is -0.121. The number of carbonyl (C=O) groups is 1. The summed E-state index contributed by atoms with van der Waals surface area (Å²) in [7, 11) is 0. The number of benzene rings is 1. The third-order valence-corrected chi connectivity index (χ3v) is 2.57. The number of aryl methyl sites for hydroxylation is 1. The molecule has 0 saturated carbocycles. The Morgan fingerprint density at radius 2 is 2.25 bits per heavy atom. The van der Waals surface area contributed by atoms with Crippen molar-refractivity contribution in [3.63, 3.8) is 0 Å². The topological polar surface area (TPSA) is 84.6 Å². The van der Waals surface area contributed by atoms with Gasteiger partial charge in [-0.25, -0.2) is 0 Å². The van der Waals surface area contributed by atoms with Gasteiger partial charge < -0.3 is 20.9 Å². The number of rotatable bonds is 8. The molecule has 0 saturated heterocycles. The average Bonchev–Trinajstić information content (AvgIpc) is 2.40. The first-order chi connectivity index (χ1) is 9.11. The summed E-state index contributed by atoms with van der Waals surface area (Å²) in [6.45, 7) is 2.81. The summed E-state index contributed by atoms with van der Waals surface area (Å²) >= 11 is 0. The van der Waals surface area contributed by atoms with Gasteiger partial charge in [-0.3, -0.25) is 4.79 Å². The number of amides is 1. The molecule has 20 heavy (non-hydrogen) atoms. The lowest BCUT2D eigenvalue weighted by atomic mass is 10.2. The van der Waals surface area contributed by atoms with Crippen molar-refractivity contribution >= 4 is 18.3 Å². The van der Waals surface area contributed by atoms with E-state index in [0.29, 0.717) is 25.1 Å². The molecule has 1 amide bonds. The fourth-order valence-electron chi connectivity index (χ4n) is 1.54. The lowest BCUT2D eigenvalue weighted by Crippen LogP contribution is -2.35. The first-order valence-electron chi connectivity index (χ1n) is 6.46. The van der Waals surface area contributed by atoms with Crippen LogP contribution in [-0.2, 0) is 4.79 Å². The number of aliphatic hydroxyl groups excluding tert-OH is 1. The normalized spacial score (nSPS) is 11.3. The number of halogens is 1. The fraction of sp³-hybridized carbons (Fsp3) is 0.500. The van der Waals surface area contributed by atoms with Gasteiger partial charge >= 0.3 is 0 Å². The standard InChI is InChI=1S/C14H22N2O3.ClH/c1-11-4-2-5-13(8-11)19-10-12(17)9-16-14(18)6-3-7-15;/h2,4-5,8,12,17H,3,6-7,9-10,15H2,1H3,(H,16,18);1H. The molecule has 1 unspecified atom stereocenters. The molecule has 114 valence electrons. The van der Waals surface area contributed by atoms with Gasteiger partial charge in [-0.2, -0.15) is 0 Å². The summed E-state index contributed by atoms with van der Waals surface area (Å²) in [5.41, 5.74) is 6.41. The molecule has 1 rings (SSSR count). The first-order valence-corrected chi connectivity index (χ1v) is 6.46. The van der Waals surface area contributed by atoms with Crippen molar-refractivity contribution in [1.29, 1.82) is 0 Å².